The van der Waals surface area contributed by atoms with Gasteiger partial charge in [0.25, 0.3) is 0 Å². The van der Waals surface area contributed by atoms with Crippen molar-refractivity contribution in [3.63, 3.8) is 0 Å². The third-order valence-corrected chi connectivity index (χ3v) is 4.81. The second-order valence-electron chi connectivity index (χ2n) is 8.57. The normalized spacial score (nSPS) is 18.1. The molecule has 1 aliphatic rings. The highest BCUT2D eigenvalue weighted by Gasteiger charge is 2.40. The van der Waals surface area contributed by atoms with Crippen LogP contribution in [0.5, 0.6) is 0 Å². The number of carbonyl (C=O) groups is 2. The summed E-state index contributed by atoms with van der Waals surface area (Å²) in [5, 5.41) is 2.89. The van der Waals surface area contributed by atoms with E-state index in [2.05, 4.69) is 15.3 Å². The summed E-state index contributed by atoms with van der Waals surface area (Å²) in [4.78, 5) is 35.1. The van der Waals surface area contributed by atoms with Gasteiger partial charge in [-0.3, -0.25) is 4.79 Å². The molecule has 8 heteroatoms. The summed E-state index contributed by atoms with van der Waals surface area (Å²) < 4.78 is 5.47. The highest BCUT2D eigenvalue weighted by molar-refractivity contribution is 5.82. The number of amides is 2. The molecule has 1 aromatic heterocycles. The predicted molar refractivity (Wildman–Crippen MR) is 103 cm³/mol. The Morgan fingerprint density at radius 2 is 2.04 bits per heavy atom. The highest BCUT2D eigenvalue weighted by atomic mass is 16.6. The molecular weight excluding hydrogens is 346 g/mol. The van der Waals surface area contributed by atoms with Crippen LogP contribution < -0.4 is 11.1 Å². The van der Waals surface area contributed by atoms with Gasteiger partial charge in [-0.15, -0.1) is 0 Å². The van der Waals surface area contributed by atoms with Crippen LogP contribution in [0.3, 0.4) is 0 Å². The summed E-state index contributed by atoms with van der Waals surface area (Å²) in [7, 11) is 0. The first-order valence-electron chi connectivity index (χ1n) is 9.32. The van der Waals surface area contributed by atoms with Crippen LogP contribution in [0.2, 0.25) is 0 Å². The number of piperidine rings is 1. The lowest BCUT2D eigenvalue weighted by molar-refractivity contribution is -0.133. The average Bonchev–Trinajstić information content (AvgIpc) is 2.58. The minimum atomic E-state index is -0.638. The molecule has 27 heavy (non-hydrogen) atoms. The molecule has 1 atom stereocenters. The quantitative estimate of drug-likeness (QED) is 0.833. The van der Waals surface area contributed by atoms with Gasteiger partial charge in [0.1, 0.15) is 17.2 Å². The monoisotopic (exact) mass is 377 g/mol. The largest absolute Gasteiger partial charge is 0.444 e. The molecule has 0 saturated carbocycles. The van der Waals surface area contributed by atoms with Crippen LogP contribution in [0.25, 0.3) is 0 Å². The van der Waals surface area contributed by atoms with Crippen molar-refractivity contribution < 1.29 is 14.3 Å². The number of rotatable bonds is 4. The van der Waals surface area contributed by atoms with Crippen LogP contribution in [0.4, 0.5) is 10.6 Å². The molecule has 2 rings (SSSR count). The van der Waals surface area contributed by atoms with Crippen molar-refractivity contribution in [2.75, 3.05) is 18.8 Å². The van der Waals surface area contributed by atoms with E-state index in [0.717, 1.165) is 12.8 Å². The lowest BCUT2D eigenvalue weighted by Gasteiger charge is -2.40. The van der Waals surface area contributed by atoms with E-state index < -0.39 is 11.0 Å². The minimum absolute atomic E-state index is 0.0422. The number of ether oxygens (including phenoxy) is 1. The summed E-state index contributed by atoms with van der Waals surface area (Å²) in [5.74, 6) is 0.789. The van der Waals surface area contributed by atoms with E-state index >= 15 is 0 Å². The first kappa shape index (κ1) is 20.9. The van der Waals surface area contributed by atoms with Crippen LogP contribution >= 0.6 is 0 Å². The number of hydrogen-bond donors (Lipinski definition) is 2. The first-order chi connectivity index (χ1) is 12.5. The van der Waals surface area contributed by atoms with Gasteiger partial charge in [0.2, 0.25) is 5.91 Å². The molecule has 2 amide bonds. The number of carbonyl (C=O) groups excluding carboxylic acids is 2. The van der Waals surface area contributed by atoms with E-state index in [1.165, 1.54) is 0 Å². The maximum atomic E-state index is 12.8. The zero-order valence-electron chi connectivity index (χ0n) is 16.9. The Kier molecular flexibility index (Phi) is 6.28. The fraction of sp³-hybridized carbons (Fsp3) is 0.684. The molecule has 2 heterocycles. The summed E-state index contributed by atoms with van der Waals surface area (Å²) in [6, 6.07) is 1.60. The third kappa shape index (κ3) is 5.80. The Labute approximate surface area is 160 Å². The van der Waals surface area contributed by atoms with Crippen molar-refractivity contribution in [3.05, 3.63) is 18.1 Å². The molecular formula is C19H31N5O3. The van der Waals surface area contributed by atoms with Gasteiger partial charge >= 0.3 is 6.09 Å². The second kappa shape index (κ2) is 8.10. The van der Waals surface area contributed by atoms with Gasteiger partial charge < -0.3 is 20.7 Å². The summed E-state index contributed by atoms with van der Waals surface area (Å²) in [6.45, 7) is 10.7. The molecule has 1 saturated heterocycles. The fourth-order valence-corrected chi connectivity index (χ4v) is 3.13. The van der Waals surface area contributed by atoms with Crippen LogP contribution in [-0.2, 0) is 16.1 Å². The SMILES string of the molecule is CC(C)(C)OC(=O)N1CCC[C@@H](C(C)(C)C(=O)NCc2nccc(N)n2)C1. The van der Waals surface area contributed by atoms with E-state index in [-0.39, 0.29) is 24.5 Å². The molecule has 1 aromatic rings. The molecule has 0 spiro atoms. The summed E-state index contributed by atoms with van der Waals surface area (Å²) in [6.07, 6.45) is 2.97. The van der Waals surface area contributed by atoms with Crippen LogP contribution in [0.15, 0.2) is 12.3 Å². The summed E-state index contributed by atoms with van der Waals surface area (Å²) in [5.41, 5.74) is 4.47. The van der Waals surface area contributed by atoms with E-state index in [0.29, 0.717) is 24.7 Å². The molecule has 0 radical (unpaired) electrons. The molecule has 150 valence electrons. The van der Waals surface area contributed by atoms with Gasteiger partial charge in [0.05, 0.1) is 6.54 Å². The van der Waals surface area contributed by atoms with Gasteiger partial charge in [-0.1, -0.05) is 13.8 Å². The smallest absolute Gasteiger partial charge is 0.410 e. The Morgan fingerprint density at radius 1 is 1.33 bits per heavy atom. The Bertz CT molecular complexity index is 684. The van der Waals surface area contributed by atoms with Gasteiger partial charge in [0, 0.05) is 24.7 Å². The van der Waals surface area contributed by atoms with Gasteiger partial charge in [0.15, 0.2) is 0 Å². The molecule has 1 fully saturated rings. The van der Waals surface area contributed by atoms with Crippen LogP contribution in [0.1, 0.15) is 53.3 Å². The van der Waals surface area contributed by atoms with Crippen molar-refractivity contribution >= 4 is 17.8 Å². The fourth-order valence-electron chi connectivity index (χ4n) is 3.13. The second-order valence-corrected chi connectivity index (χ2v) is 8.57. The number of hydrogen-bond acceptors (Lipinski definition) is 6. The molecule has 1 aliphatic heterocycles. The number of aromatic nitrogens is 2. The Hall–Kier alpha value is -2.38. The number of likely N-dealkylation sites (tertiary alicyclic amines) is 1. The van der Waals surface area contributed by atoms with Crippen molar-refractivity contribution in [1.82, 2.24) is 20.2 Å². The van der Waals surface area contributed by atoms with E-state index in [1.54, 1.807) is 17.2 Å². The topological polar surface area (TPSA) is 110 Å². The summed E-state index contributed by atoms with van der Waals surface area (Å²) >= 11 is 0. The number of nitrogens with zero attached hydrogens (tertiary/aromatic N) is 3. The van der Waals surface area contributed by atoms with Crippen molar-refractivity contribution in [2.45, 2.75) is 59.6 Å². The lowest BCUT2D eigenvalue weighted by atomic mass is 9.74. The molecule has 0 aromatic carbocycles. The number of anilines is 1. The number of nitrogens with one attached hydrogen (secondary N) is 1. The zero-order valence-corrected chi connectivity index (χ0v) is 16.9. The standard InChI is InChI=1S/C19H31N5O3/c1-18(2,3)27-17(26)24-10-6-7-13(12-24)19(4,5)16(25)22-11-15-21-9-8-14(20)23-15/h8-9,13H,6-7,10-12H2,1-5H3,(H,22,25)(H2,20,21,23)/t13-/m1/s1. The minimum Gasteiger partial charge on any atom is -0.444 e. The number of nitrogens with two attached hydrogens (primary N) is 1. The van der Waals surface area contributed by atoms with E-state index in [4.69, 9.17) is 10.5 Å². The molecule has 3 N–H and O–H groups in total. The molecule has 0 aliphatic carbocycles. The molecule has 8 nitrogen and oxygen atoms in total. The average molecular weight is 377 g/mol. The van der Waals surface area contributed by atoms with Gasteiger partial charge in [-0.25, -0.2) is 14.8 Å². The zero-order chi connectivity index (χ0) is 20.2. The van der Waals surface area contributed by atoms with Crippen molar-refractivity contribution in [3.8, 4) is 0 Å². The van der Waals surface area contributed by atoms with Crippen LogP contribution in [0, 0.1) is 11.3 Å². The molecule has 0 bridgehead atoms. The molecule has 0 unspecified atom stereocenters. The van der Waals surface area contributed by atoms with Crippen LogP contribution in [-0.4, -0.2) is 45.6 Å². The highest BCUT2D eigenvalue weighted by Crippen LogP contribution is 2.34. The third-order valence-electron chi connectivity index (χ3n) is 4.81. The van der Waals surface area contributed by atoms with Crippen molar-refractivity contribution in [2.24, 2.45) is 11.3 Å². The van der Waals surface area contributed by atoms with E-state index in [1.807, 2.05) is 34.6 Å². The van der Waals surface area contributed by atoms with Crippen molar-refractivity contribution in [1.29, 1.82) is 0 Å². The van der Waals surface area contributed by atoms with E-state index in [9.17, 15) is 9.59 Å². The Morgan fingerprint density at radius 3 is 2.67 bits per heavy atom. The maximum Gasteiger partial charge on any atom is 0.410 e. The predicted octanol–water partition coefficient (Wildman–Crippen LogP) is 2.35. The maximum absolute atomic E-state index is 12.8. The lowest BCUT2D eigenvalue weighted by Crippen LogP contribution is -2.50. The van der Waals surface area contributed by atoms with Gasteiger partial charge in [-0.05, 0) is 45.6 Å². The number of nitrogen functional groups attached to an aromatic ring is 1. The Balaban J connectivity index is 1.97. The van der Waals surface area contributed by atoms with Gasteiger partial charge in [-0.2, -0.15) is 0 Å². The first-order valence-corrected chi connectivity index (χ1v) is 9.32.